The van der Waals surface area contributed by atoms with Gasteiger partial charge in [0.2, 0.25) is 5.91 Å². The number of carbonyl (C=O) groups excluding carboxylic acids is 3. The lowest BCUT2D eigenvalue weighted by atomic mass is 10.2. The molecular weight excluding hydrogens is 298 g/mol. The highest BCUT2D eigenvalue weighted by Crippen LogP contribution is 2.19. The van der Waals surface area contributed by atoms with Crippen molar-refractivity contribution in [2.75, 3.05) is 5.32 Å². The second-order valence-electron chi connectivity index (χ2n) is 5.29. The molecule has 120 valence electrons. The number of benzene rings is 1. The molecule has 7 heteroatoms. The van der Waals surface area contributed by atoms with E-state index in [2.05, 4.69) is 10.6 Å². The molecule has 2 N–H and O–H groups in total. The molecule has 7 nitrogen and oxygen atoms in total. The molecule has 2 rings (SSSR count). The Bertz CT molecular complexity index is 644. The quantitative estimate of drug-likeness (QED) is 0.771. The van der Waals surface area contributed by atoms with Crippen LogP contribution in [-0.2, 0) is 14.3 Å². The molecule has 0 aliphatic heterocycles. The Morgan fingerprint density at radius 1 is 1.30 bits per heavy atom. The van der Waals surface area contributed by atoms with E-state index in [-0.39, 0.29) is 23.9 Å². The number of hydrogen-bond donors (Lipinski definition) is 2. The van der Waals surface area contributed by atoms with Crippen LogP contribution < -0.4 is 10.6 Å². The maximum atomic E-state index is 12.0. The first-order valence-electron chi connectivity index (χ1n) is 7.28. The van der Waals surface area contributed by atoms with Gasteiger partial charge in [0.05, 0.1) is 11.6 Å². The van der Waals surface area contributed by atoms with Gasteiger partial charge in [-0.15, -0.1) is 0 Å². The van der Waals surface area contributed by atoms with Gasteiger partial charge < -0.3 is 15.4 Å². The molecule has 1 aliphatic rings. The topological polar surface area (TPSA) is 108 Å². The minimum absolute atomic E-state index is 0.208. The molecule has 1 aromatic rings. The lowest BCUT2D eigenvalue weighted by Crippen LogP contribution is -2.37. The molecule has 1 aliphatic carbocycles. The molecule has 0 bridgehead atoms. The van der Waals surface area contributed by atoms with E-state index in [4.69, 9.17) is 10.00 Å². The standard InChI is InChI=1S/C16H17N3O4/c1-10(15(21)19-13-6-7-13)23-16(22)11-2-4-12(5-3-11)18-14(20)8-9-17/h2-5,10,13H,6-8H2,1H3,(H,18,20)(H,19,21)/t10-/m1/s1. The highest BCUT2D eigenvalue weighted by Gasteiger charge is 2.27. The Balaban J connectivity index is 1.87. The zero-order valence-electron chi connectivity index (χ0n) is 12.7. The number of carbonyl (C=O) groups is 3. The Morgan fingerprint density at radius 2 is 1.96 bits per heavy atom. The Kier molecular flexibility index (Phi) is 5.31. The van der Waals surface area contributed by atoms with Crippen molar-refractivity contribution in [3.8, 4) is 6.07 Å². The summed E-state index contributed by atoms with van der Waals surface area (Å²) < 4.78 is 5.11. The molecule has 0 unspecified atom stereocenters. The average molecular weight is 315 g/mol. The fourth-order valence-corrected chi connectivity index (χ4v) is 1.79. The molecular formula is C16H17N3O4. The third-order valence-electron chi connectivity index (χ3n) is 3.22. The number of nitrogens with zero attached hydrogens (tertiary/aromatic N) is 1. The molecule has 0 spiro atoms. The SMILES string of the molecule is C[C@@H](OC(=O)c1ccc(NC(=O)CC#N)cc1)C(=O)NC1CC1. The minimum Gasteiger partial charge on any atom is -0.449 e. The summed E-state index contributed by atoms with van der Waals surface area (Å²) in [6.45, 7) is 1.52. The Labute approximate surface area is 133 Å². The summed E-state index contributed by atoms with van der Waals surface area (Å²) in [5, 5.41) is 13.7. The van der Waals surface area contributed by atoms with Gasteiger partial charge in [0.25, 0.3) is 5.91 Å². The molecule has 0 heterocycles. The van der Waals surface area contributed by atoms with E-state index < -0.39 is 18.0 Å². The first kappa shape index (κ1) is 16.5. The van der Waals surface area contributed by atoms with Gasteiger partial charge in [0.15, 0.2) is 6.10 Å². The minimum atomic E-state index is -0.863. The number of nitriles is 1. The van der Waals surface area contributed by atoms with Crippen LogP contribution in [0, 0.1) is 11.3 Å². The van der Waals surface area contributed by atoms with Crippen molar-refractivity contribution in [2.45, 2.75) is 38.3 Å². The molecule has 0 aromatic heterocycles. The predicted molar refractivity (Wildman–Crippen MR) is 81.3 cm³/mol. The van der Waals surface area contributed by atoms with E-state index in [1.165, 1.54) is 31.2 Å². The first-order chi connectivity index (χ1) is 11.0. The van der Waals surface area contributed by atoms with E-state index in [9.17, 15) is 14.4 Å². The van der Waals surface area contributed by atoms with E-state index in [0.717, 1.165) is 12.8 Å². The molecule has 0 radical (unpaired) electrons. The van der Waals surface area contributed by atoms with Gasteiger partial charge in [-0.05, 0) is 44.0 Å². The number of rotatable bonds is 6. The molecule has 0 saturated heterocycles. The largest absolute Gasteiger partial charge is 0.449 e. The monoisotopic (exact) mass is 315 g/mol. The van der Waals surface area contributed by atoms with Crippen molar-refractivity contribution in [1.82, 2.24) is 5.32 Å². The van der Waals surface area contributed by atoms with E-state index in [1.54, 1.807) is 6.07 Å². The van der Waals surface area contributed by atoms with E-state index in [0.29, 0.717) is 5.69 Å². The maximum Gasteiger partial charge on any atom is 0.338 e. The van der Waals surface area contributed by atoms with Crippen molar-refractivity contribution >= 4 is 23.5 Å². The van der Waals surface area contributed by atoms with Crippen LogP contribution in [0.25, 0.3) is 0 Å². The van der Waals surface area contributed by atoms with Crippen molar-refractivity contribution < 1.29 is 19.1 Å². The van der Waals surface area contributed by atoms with Gasteiger partial charge in [-0.1, -0.05) is 0 Å². The van der Waals surface area contributed by atoms with E-state index in [1.807, 2.05) is 0 Å². The summed E-state index contributed by atoms with van der Waals surface area (Å²) in [6.07, 6.45) is 0.826. The van der Waals surface area contributed by atoms with Gasteiger partial charge in [0.1, 0.15) is 6.42 Å². The third-order valence-corrected chi connectivity index (χ3v) is 3.22. The molecule has 1 atom stereocenters. The normalized spacial score (nSPS) is 14.3. The summed E-state index contributed by atoms with van der Waals surface area (Å²) in [5.74, 6) is -1.34. The van der Waals surface area contributed by atoms with Gasteiger partial charge in [-0.25, -0.2) is 4.79 Å². The number of nitrogens with one attached hydrogen (secondary N) is 2. The highest BCUT2D eigenvalue weighted by molar-refractivity contribution is 5.94. The Hall–Kier alpha value is -2.88. The number of ether oxygens (including phenoxy) is 1. The second-order valence-corrected chi connectivity index (χ2v) is 5.29. The van der Waals surface area contributed by atoms with Crippen LogP contribution in [0.5, 0.6) is 0 Å². The number of anilines is 1. The Morgan fingerprint density at radius 3 is 2.52 bits per heavy atom. The van der Waals surface area contributed by atoms with Crippen LogP contribution in [0.2, 0.25) is 0 Å². The van der Waals surface area contributed by atoms with Crippen LogP contribution in [0.3, 0.4) is 0 Å². The smallest absolute Gasteiger partial charge is 0.338 e. The zero-order chi connectivity index (χ0) is 16.8. The fourth-order valence-electron chi connectivity index (χ4n) is 1.79. The summed E-state index contributed by atoms with van der Waals surface area (Å²) in [4.78, 5) is 35.0. The lowest BCUT2D eigenvalue weighted by molar-refractivity contribution is -0.129. The van der Waals surface area contributed by atoms with Crippen molar-refractivity contribution in [3.05, 3.63) is 29.8 Å². The number of amides is 2. The van der Waals surface area contributed by atoms with Crippen LogP contribution >= 0.6 is 0 Å². The summed E-state index contributed by atoms with van der Waals surface area (Å²) in [7, 11) is 0. The molecule has 1 saturated carbocycles. The zero-order valence-corrected chi connectivity index (χ0v) is 12.7. The van der Waals surface area contributed by atoms with E-state index >= 15 is 0 Å². The van der Waals surface area contributed by atoms with Crippen LogP contribution in [0.1, 0.15) is 36.5 Å². The summed E-state index contributed by atoms with van der Waals surface area (Å²) in [6, 6.07) is 7.97. The van der Waals surface area contributed by atoms with Gasteiger partial charge >= 0.3 is 5.97 Å². The maximum absolute atomic E-state index is 12.0. The third kappa shape index (κ3) is 5.11. The summed E-state index contributed by atoms with van der Waals surface area (Å²) >= 11 is 0. The molecule has 1 aromatic carbocycles. The fraction of sp³-hybridized carbons (Fsp3) is 0.375. The van der Waals surface area contributed by atoms with Crippen molar-refractivity contribution in [2.24, 2.45) is 0 Å². The first-order valence-corrected chi connectivity index (χ1v) is 7.28. The van der Waals surface area contributed by atoms with Crippen LogP contribution in [0.15, 0.2) is 24.3 Å². The molecule has 2 amide bonds. The molecule has 1 fully saturated rings. The van der Waals surface area contributed by atoms with Gasteiger partial charge in [0, 0.05) is 11.7 Å². The number of esters is 1. The van der Waals surface area contributed by atoms with Gasteiger partial charge in [-0.2, -0.15) is 5.26 Å². The predicted octanol–water partition coefficient (Wildman–Crippen LogP) is 1.36. The van der Waals surface area contributed by atoms with Crippen LogP contribution in [0.4, 0.5) is 5.69 Å². The van der Waals surface area contributed by atoms with Gasteiger partial charge in [-0.3, -0.25) is 9.59 Å². The van der Waals surface area contributed by atoms with Crippen molar-refractivity contribution in [1.29, 1.82) is 5.26 Å². The molecule has 23 heavy (non-hydrogen) atoms. The number of hydrogen-bond acceptors (Lipinski definition) is 5. The second kappa shape index (κ2) is 7.40. The summed E-state index contributed by atoms with van der Waals surface area (Å²) in [5.41, 5.74) is 0.746. The van der Waals surface area contributed by atoms with Crippen LogP contribution in [-0.4, -0.2) is 29.9 Å². The average Bonchev–Trinajstić information content (AvgIpc) is 3.32. The highest BCUT2D eigenvalue weighted by atomic mass is 16.5. The van der Waals surface area contributed by atoms with Crippen molar-refractivity contribution in [3.63, 3.8) is 0 Å². The lowest BCUT2D eigenvalue weighted by Gasteiger charge is -2.13.